The molecule has 31 heavy (non-hydrogen) atoms. The van der Waals surface area contributed by atoms with Gasteiger partial charge in [-0.15, -0.1) is 0 Å². The average Bonchev–Trinajstić information content (AvgIpc) is 3.26. The molecule has 11 heteroatoms. The summed E-state index contributed by atoms with van der Waals surface area (Å²) in [6, 6.07) is 5.17. The Hall–Kier alpha value is -3.21. The zero-order valence-electron chi connectivity index (χ0n) is 16.9. The van der Waals surface area contributed by atoms with Crippen molar-refractivity contribution in [3.63, 3.8) is 0 Å². The van der Waals surface area contributed by atoms with Crippen LogP contribution >= 0.6 is 0 Å². The molecule has 10 nitrogen and oxygen atoms in total. The summed E-state index contributed by atoms with van der Waals surface area (Å²) >= 11 is 0. The second kappa shape index (κ2) is 7.49. The third-order valence-corrected chi connectivity index (χ3v) is 6.71. The fourth-order valence-corrected chi connectivity index (χ4v) is 5.06. The molecule has 2 aromatic heterocycles. The van der Waals surface area contributed by atoms with Gasteiger partial charge in [0, 0.05) is 30.8 Å². The Balaban J connectivity index is 1.48. The molecule has 0 N–H and O–H groups in total. The molecule has 0 radical (unpaired) electrons. The summed E-state index contributed by atoms with van der Waals surface area (Å²) < 4.78 is 37.5. The summed E-state index contributed by atoms with van der Waals surface area (Å²) in [5, 5.41) is 4.19. The molecular weight excluding hydrogens is 422 g/mol. The molecule has 5 rings (SSSR count). The quantitative estimate of drug-likeness (QED) is 0.595. The van der Waals surface area contributed by atoms with E-state index in [1.165, 1.54) is 17.0 Å². The van der Waals surface area contributed by atoms with Crippen LogP contribution in [-0.2, 0) is 9.84 Å². The Kier molecular flexibility index (Phi) is 4.77. The Morgan fingerprint density at radius 2 is 1.97 bits per heavy atom. The molecule has 1 amide bonds. The number of fused-ring (bicyclic) bond motifs is 2. The van der Waals surface area contributed by atoms with Crippen molar-refractivity contribution in [3.8, 4) is 11.5 Å². The van der Waals surface area contributed by atoms with E-state index in [0.717, 1.165) is 19.1 Å². The fraction of sp³-hybridized carbons (Fsp3) is 0.400. The maximum atomic E-state index is 13.2. The predicted molar refractivity (Wildman–Crippen MR) is 109 cm³/mol. The minimum absolute atomic E-state index is 0.115. The number of hydrogen-bond donors (Lipinski definition) is 0. The van der Waals surface area contributed by atoms with Crippen molar-refractivity contribution in [2.45, 2.75) is 23.7 Å². The first-order valence-electron chi connectivity index (χ1n) is 9.99. The maximum Gasteiger partial charge on any atom is 0.254 e. The molecule has 1 atom stereocenters. The number of sulfone groups is 1. The number of benzene rings is 1. The summed E-state index contributed by atoms with van der Waals surface area (Å²) in [6.07, 6.45) is 5.29. The standard InChI is InChI=1S/C20H21N5O5S/c1-31(27,28)17-10-21-20-22-12-23-25(20)18(17)14-3-2-6-24(11-14)19(26)13-4-5-15-16(9-13)30-8-7-29-15/h4-5,9-10,12,14H,2-3,6-8,11H2,1H3/t14-/m0/s1. The van der Waals surface area contributed by atoms with Crippen LogP contribution in [-0.4, -0.2) is 71.4 Å². The lowest BCUT2D eigenvalue weighted by atomic mass is 9.94. The number of carbonyl (C=O) groups excluding carboxylic acids is 1. The van der Waals surface area contributed by atoms with Crippen molar-refractivity contribution in [2.75, 3.05) is 32.6 Å². The number of aromatic nitrogens is 4. The lowest BCUT2D eigenvalue weighted by Gasteiger charge is -2.33. The van der Waals surface area contributed by atoms with Gasteiger partial charge in [0.2, 0.25) is 0 Å². The molecule has 162 valence electrons. The number of nitrogens with zero attached hydrogens (tertiary/aromatic N) is 5. The number of hydrogen-bond acceptors (Lipinski definition) is 8. The first-order valence-corrected chi connectivity index (χ1v) is 11.9. The topological polar surface area (TPSA) is 116 Å². The highest BCUT2D eigenvalue weighted by Gasteiger charge is 2.32. The number of piperidine rings is 1. The molecular formula is C20H21N5O5S. The van der Waals surface area contributed by atoms with Crippen LogP contribution in [0.3, 0.4) is 0 Å². The van der Waals surface area contributed by atoms with Crippen molar-refractivity contribution < 1.29 is 22.7 Å². The number of rotatable bonds is 3. The smallest absolute Gasteiger partial charge is 0.254 e. The fourth-order valence-electron chi connectivity index (χ4n) is 4.18. The monoisotopic (exact) mass is 443 g/mol. The summed E-state index contributed by atoms with van der Waals surface area (Å²) in [4.78, 5) is 23.3. The van der Waals surface area contributed by atoms with Gasteiger partial charge < -0.3 is 14.4 Å². The maximum absolute atomic E-state index is 13.2. The SMILES string of the molecule is CS(=O)(=O)c1cnc2ncnn2c1[C@H]1CCCN(C(=O)c2ccc3c(c2)OCCO3)C1. The van der Waals surface area contributed by atoms with Crippen LogP contribution in [0.1, 0.15) is 34.8 Å². The molecule has 1 fully saturated rings. The summed E-state index contributed by atoms with van der Waals surface area (Å²) in [6.45, 7) is 1.89. The van der Waals surface area contributed by atoms with E-state index in [0.29, 0.717) is 54.8 Å². The van der Waals surface area contributed by atoms with E-state index in [9.17, 15) is 13.2 Å². The number of ether oxygens (including phenoxy) is 2. The van der Waals surface area contributed by atoms with Crippen LogP contribution in [0.25, 0.3) is 5.78 Å². The molecule has 0 saturated carbocycles. The third kappa shape index (κ3) is 3.58. The van der Waals surface area contributed by atoms with Crippen molar-refractivity contribution in [1.29, 1.82) is 0 Å². The van der Waals surface area contributed by atoms with E-state index in [1.807, 2.05) is 0 Å². The molecule has 3 aromatic rings. The van der Waals surface area contributed by atoms with Crippen molar-refractivity contribution in [2.24, 2.45) is 0 Å². The van der Waals surface area contributed by atoms with Gasteiger partial charge in [-0.25, -0.2) is 13.4 Å². The van der Waals surface area contributed by atoms with Gasteiger partial charge in [0.1, 0.15) is 24.4 Å². The number of amides is 1. The van der Waals surface area contributed by atoms with E-state index in [2.05, 4.69) is 15.1 Å². The van der Waals surface area contributed by atoms with Crippen LogP contribution < -0.4 is 9.47 Å². The Bertz CT molecular complexity index is 1270. The highest BCUT2D eigenvalue weighted by atomic mass is 32.2. The highest BCUT2D eigenvalue weighted by Crippen LogP contribution is 2.34. The Labute approximate surface area is 178 Å². The van der Waals surface area contributed by atoms with Gasteiger partial charge in [-0.2, -0.15) is 14.6 Å². The second-order valence-corrected chi connectivity index (χ2v) is 9.68. The van der Waals surface area contributed by atoms with Crippen molar-refractivity contribution >= 4 is 21.5 Å². The first-order chi connectivity index (χ1) is 14.9. The lowest BCUT2D eigenvalue weighted by molar-refractivity contribution is 0.0703. The van der Waals surface area contributed by atoms with Crippen LogP contribution in [0, 0.1) is 0 Å². The van der Waals surface area contributed by atoms with Gasteiger partial charge in [0.25, 0.3) is 11.7 Å². The molecule has 2 aliphatic rings. The molecule has 1 aromatic carbocycles. The second-order valence-electron chi connectivity index (χ2n) is 7.70. The molecule has 0 unspecified atom stereocenters. The predicted octanol–water partition coefficient (Wildman–Crippen LogP) is 1.32. The highest BCUT2D eigenvalue weighted by molar-refractivity contribution is 7.90. The van der Waals surface area contributed by atoms with Crippen molar-refractivity contribution in [1.82, 2.24) is 24.5 Å². The van der Waals surface area contributed by atoms with Crippen LogP contribution in [0.4, 0.5) is 0 Å². The number of carbonyl (C=O) groups is 1. The van der Waals surface area contributed by atoms with E-state index in [-0.39, 0.29) is 16.7 Å². The first kappa shape index (κ1) is 19.7. The molecule has 1 saturated heterocycles. The minimum atomic E-state index is -3.54. The minimum Gasteiger partial charge on any atom is -0.486 e. The molecule has 0 aliphatic carbocycles. The van der Waals surface area contributed by atoms with E-state index in [4.69, 9.17) is 9.47 Å². The third-order valence-electron chi connectivity index (χ3n) is 5.59. The average molecular weight is 443 g/mol. The Morgan fingerprint density at radius 3 is 2.77 bits per heavy atom. The van der Waals surface area contributed by atoms with Gasteiger partial charge in [-0.3, -0.25) is 4.79 Å². The molecule has 0 bridgehead atoms. The van der Waals surface area contributed by atoms with E-state index in [1.54, 1.807) is 23.1 Å². The summed E-state index contributed by atoms with van der Waals surface area (Å²) in [5.74, 6) is 1.17. The molecule has 4 heterocycles. The zero-order chi connectivity index (χ0) is 21.6. The van der Waals surface area contributed by atoms with Crippen LogP contribution in [0.5, 0.6) is 11.5 Å². The van der Waals surface area contributed by atoms with Crippen LogP contribution in [0.2, 0.25) is 0 Å². The Morgan fingerprint density at radius 1 is 1.16 bits per heavy atom. The molecule has 0 spiro atoms. The van der Waals surface area contributed by atoms with E-state index < -0.39 is 9.84 Å². The van der Waals surface area contributed by atoms with Gasteiger partial charge in [-0.1, -0.05) is 0 Å². The number of likely N-dealkylation sites (tertiary alicyclic amines) is 1. The van der Waals surface area contributed by atoms with Crippen LogP contribution in [0.15, 0.2) is 35.6 Å². The van der Waals surface area contributed by atoms with Gasteiger partial charge in [-0.05, 0) is 31.0 Å². The van der Waals surface area contributed by atoms with Gasteiger partial charge >= 0.3 is 0 Å². The van der Waals surface area contributed by atoms with Gasteiger partial charge in [0.05, 0.1) is 11.9 Å². The zero-order valence-corrected chi connectivity index (χ0v) is 17.7. The summed E-state index contributed by atoms with van der Waals surface area (Å²) in [5.41, 5.74) is 1.03. The largest absolute Gasteiger partial charge is 0.486 e. The molecule has 2 aliphatic heterocycles. The van der Waals surface area contributed by atoms with Crippen molar-refractivity contribution in [3.05, 3.63) is 42.0 Å². The lowest BCUT2D eigenvalue weighted by Crippen LogP contribution is -2.40. The normalized spacial score (nSPS) is 18.9. The van der Waals surface area contributed by atoms with Gasteiger partial charge in [0.15, 0.2) is 21.3 Å². The van der Waals surface area contributed by atoms with E-state index >= 15 is 0 Å². The summed E-state index contributed by atoms with van der Waals surface area (Å²) in [7, 11) is -3.54.